The summed E-state index contributed by atoms with van der Waals surface area (Å²) in [4.78, 5) is 23.7. The van der Waals surface area contributed by atoms with Crippen LogP contribution in [0.5, 0.6) is 0 Å². The average molecular weight is 217 g/mol. The molecule has 1 N–H and O–H groups in total. The van der Waals surface area contributed by atoms with E-state index in [4.69, 9.17) is 9.84 Å². The summed E-state index contributed by atoms with van der Waals surface area (Å²) in [6, 6.07) is 0. The van der Waals surface area contributed by atoms with Crippen LogP contribution in [0, 0.1) is 0 Å². The van der Waals surface area contributed by atoms with Crippen molar-refractivity contribution < 1.29 is 24.2 Å². The lowest BCUT2D eigenvalue weighted by atomic mass is 9.98. The van der Waals surface area contributed by atoms with Gasteiger partial charge in [-0.15, -0.1) is 0 Å². The first kappa shape index (κ1) is 11.9. The normalized spacial score (nSPS) is 27.3. The topological polar surface area (TPSA) is 76.1 Å². The highest BCUT2D eigenvalue weighted by Crippen LogP contribution is 2.22. The van der Waals surface area contributed by atoms with Crippen LogP contribution in [0.3, 0.4) is 0 Å². The molecule has 1 atom stereocenters. The molecule has 0 aromatic heterocycles. The van der Waals surface area contributed by atoms with Crippen molar-refractivity contribution in [1.29, 1.82) is 0 Å². The molecule has 1 rings (SSSR count). The van der Waals surface area contributed by atoms with E-state index in [0.29, 0.717) is 19.6 Å². The Morgan fingerprint density at radius 1 is 1.60 bits per heavy atom. The number of morpholine rings is 1. The van der Waals surface area contributed by atoms with Gasteiger partial charge in [0, 0.05) is 13.1 Å². The van der Waals surface area contributed by atoms with Crippen LogP contribution in [0.2, 0.25) is 0 Å². The van der Waals surface area contributed by atoms with E-state index in [2.05, 4.69) is 4.74 Å². The molecule has 1 heterocycles. The molecule has 0 aromatic carbocycles. The Bertz CT molecular complexity index is 267. The second-order valence-corrected chi connectivity index (χ2v) is 3.59. The van der Waals surface area contributed by atoms with Gasteiger partial charge in [0.1, 0.15) is 0 Å². The first-order chi connectivity index (χ1) is 7.00. The number of carboxylic acid groups (broad SMARTS) is 1. The van der Waals surface area contributed by atoms with Gasteiger partial charge in [0.05, 0.1) is 6.61 Å². The zero-order valence-corrected chi connectivity index (χ0v) is 8.86. The Morgan fingerprint density at radius 3 is 2.73 bits per heavy atom. The summed E-state index contributed by atoms with van der Waals surface area (Å²) in [5.74, 6) is -0.830. The second-order valence-electron chi connectivity index (χ2n) is 3.59. The summed E-state index contributed by atoms with van der Waals surface area (Å²) in [6.07, 6.45) is -1.20. The molecule has 0 aliphatic carbocycles. The van der Waals surface area contributed by atoms with Crippen molar-refractivity contribution >= 4 is 12.1 Å². The summed E-state index contributed by atoms with van der Waals surface area (Å²) < 4.78 is 9.53. The highest BCUT2D eigenvalue weighted by atomic mass is 16.7. The SMILES string of the molecule is CCC1(C(=O)OC(=O)O)CN(C)CCO1. The van der Waals surface area contributed by atoms with Crippen LogP contribution in [-0.4, -0.2) is 54.5 Å². The van der Waals surface area contributed by atoms with Crippen molar-refractivity contribution in [2.75, 3.05) is 26.7 Å². The monoisotopic (exact) mass is 217 g/mol. The predicted octanol–water partition coefficient (Wildman–Crippen LogP) is 0.318. The van der Waals surface area contributed by atoms with E-state index >= 15 is 0 Å². The maximum atomic E-state index is 11.6. The number of hydrogen-bond donors (Lipinski definition) is 1. The molecular weight excluding hydrogens is 202 g/mol. The van der Waals surface area contributed by atoms with Crippen molar-refractivity contribution in [1.82, 2.24) is 4.90 Å². The largest absolute Gasteiger partial charge is 0.513 e. The van der Waals surface area contributed by atoms with Gasteiger partial charge in [0.2, 0.25) is 0 Å². The molecule has 0 spiro atoms. The summed E-state index contributed by atoms with van der Waals surface area (Å²) in [5.41, 5.74) is -1.13. The van der Waals surface area contributed by atoms with E-state index in [1.165, 1.54) is 0 Å². The van der Waals surface area contributed by atoms with Crippen LogP contribution in [0.25, 0.3) is 0 Å². The second kappa shape index (κ2) is 4.59. The first-order valence-corrected chi connectivity index (χ1v) is 4.78. The van der Waals surface area contributed by atoms with E-state index in [0.717, 1.165) is 6.54 Å². The van der Waals surface area contributed by atoms with Crippen LogP contribution < -0.4 is 0 Å². The van der Waals surface area contributed by atoms with Gasteiger partial charge in [0.25, 0.3) is 0 Å². The van der Waals surface area contributed by atoms with Crippen LogP contribution in [0.4, 0.5) is 4.79 Å². The minimum absolute atomic E-state index is 0.357. The van der Waals surface area contributed by atoms with Crippen LogP contribution in [0.1, 0.15) is 13.3 Å². The zero-order chi connectivity index (χ0) is 11.5. The molecule has 1 aliphatic rings. The molecule has 0 bridgehead atoms. The standard InChI is InChI=1S/C9H15NO5/c1-3-9(7(11)15-8(12)13)6-10(2)4-5-14-9/h3-6H2,1-2H3,(H,12,13). The van der Waals surface area contributed by atoms with Gasteiger partial charge in [-0.1, -0.05) is 6.92 Å². The highest BCUT2D eigenvalue weighted by Gasteiger charge is 2.43. The number of ether oxygens (including phenoxy) is 2. The lowest BCUT2D eigenvalue weighted by molar-refractivity contribution is -0.178. The van der Waals surface area contributed by atoms with Gasteiger partial charge in [-0.2, -0.15) is 0 Å². The quantitative estimate of drug-likeness (QED) is 0.530. The number of likely N-dealkylation sites (N-methyl/N-ethyl adjacent to an activating group) is 1. The molecule has 1 fully saturated rings. The average Bonchev–Trinajstić information content (AvgIpc) is 2.16. The van der Waals surface area contributed by atoms with Gasteiger partial charge < -0.3 is 19.5 Å². The number of hydrogen-bond acceptors (Lipinski definition) is 5. The Labute approximate surface area is 87.8 Å². The molecule has 0 aromatic rings. The van der Waals surface area contributed by atoms with E-state index < -0.39 is 17.7 Å². The fourth-order valence-corrected chi connectivity index (χ4v) is 1.61. The molecular formula is C9H15NO5. The lowest BCUT2D eigenvalue weighted by Crippen LogP contribution is -2.56. The molecule has 86 valence electrons. The van der Waals surface area contributed by atoms with Gasteiger partial charge in [0.15, 0.2) is 5.60 Å². The van der Waals surface area contributed by atoms with Crippen molar-refractivity contribution in [3.8, 4) is 0 Å². The molecule has 0 saturated carbocycles. The van der Waals surface area contributed by atoms with E-state index in [1.807, 2.05) is 11.9 Å². The molecule has 0 radical (unpaired) electrons. The van der Waals surface area contributed by atoms with Gasteiger partial charge >= 0.3 is 12.1 Å². The van der Waals surface area contributed by atoms with Crippen LogP contribution in [0.15, 0.2) is 0 Å². The minimum atomic E-state index is -1.59. The van der Waals surface area contributed by atoms with Crippen molar-refractivity contribution in [3.63, 3.8) is 0 Å². The third-order valence-electron chi connectivity index (χ3n) is 2.50. The Kier molecular flexibility index (Phi) is 3.65. The predicted molar refractivity (Wildman–Crippen MR) is 50.6 cm³/mol. The third kappa shape index (κ3) is 2.66. The lowest BCUT2D eigenvalue weighted by Gasteiger charge is -2.38. The molecule has 1 unspecified atom stereocenters. The van der Waals surface area contributed by atoms with E-state index in [9.17, 15) is 9.59 Å². The van der Waals surface area contributed by atoms with Crippen LogP contribution in [-0.2, 0) is 14.3 Å². The summed E-state index contributed by atoms with van der Waals surface area (Å²) >= 11 is 0. The number of carbonyl (C=O) groups is 2. The van der Waals surface area contributed by atoms with Crippen molar-refractivity contribution in [2.24, 2.45) is 0 Å². The van der Waals surface area contributed by atoms with Crippen LogP contribution >= 0.6 is 0 Å². The van der Waals surface area contributed by atoms with E-state index in [-0.39, 0.29) is 0 Å². The summed E-state index contributed by atoms with van der Waals surface area (Å²) in [7, 11) is 1.85. The zero-order valence-electron chi connectivity index (χ0n) is 8.86. The third-order valence-corrected chi connectivity index (χ3v) is 2.50. The Balaban J connectivity index is 2.74. The smallest absolute Gasteiger partial charge is 0.449 e. The summed E-state index contributed by atoms with van der Waals surface area (Å²) in [6.45, 7) is 3.25. The van der Waals surface area contributed by atoms with Gasteiger partial charge in [-0.05, 0) is 13.5 Å². The number of nitrogens with zero attached hydrogens (tertiary/aromatic N) is 1. The Morgan fingerprint density at radius 2 is 2.27 bits per heavy atom. The molecule has 1 aliphatic heterocycles. The number of carbonyl (C=O) groups excluding carboxylic acids is 1. The fourth-order valence-electron chi connectivity index (χ4n) is 1.61. The molecule has 6 heteroatoms. The maximum absolute atomic E-state index is 11.6. The molecule has 6 nitrogen and oxygen atoms in total. The highest BCUT2D eigenvalue weighted by molar-refractivity contribution is 5.87. The molecule has 0 amide bonds. The molecule has 15 heavy (non-hydrogen) atoms. The first-order valence-electron chi connectivity index (χ1n) is 4.78. The van der Waals surface area contributed by atoms with Gasteiger partial charge in [-0.25, -0.2) is 9.59 Å². The summed E-state index contributed by atoms with van der Waals surface area (Å²) in [5, 5.41) is 8.38. The minimum Gasteiger partial charge on any atom is -0.449 e. The maximum Gasteiger partial charge on any atom is 0.513 e. The van der Waals surface area contributed by atoms with E-state index in [1.54, 1.807) is 6.92 Å². The number of rotatable bonds is 2. The van der Waals surface area contributed by atoms with Crippen molar-refractivity contribution in [2.45, 2.75) is 18.9 Å². The number of esters is 1. The fraction of sp³-hybridized carbons (Fsp3) is 0.778. The van der Waals surface area contributed by atoms with Crippen molar-refractivity contribution in [3.05, 3.63) is 0 Å². The molecule has 1 saturated heterocycles. The Hall–Kier alpha value is -1.14. The van der Waals surface area contributed by atoms with Gasteiger partial charge in [-0.3, -0.25) is 0 Å².